The van der Waals surface area contributed by atoms with Gasteiger partial charge < -0.3 is 4.42 Å². The number of fused-ring (bicyclic) bond motifs is 2. The molecule has 30 heavy (non-hydrogen) atoms. The summed E-state index contributed by atoms with van der Waals surface area (Å²) >= 11 is 6.87. The first-order chi connectivity index (χ1) is 14.5. The number of nitrogens with zero attached hydrogens (tertiary/aromatic N) is 4. The van der Waals surface area contributed by atoms with Crippen LogP contribution in [0.3, 0.4) is 0 Å². The van der Waals surface area contributed by atoms with Gasteiger partial charge in [0.25, 0.3) is 0 Å². The van der Waals surface area contributed by atoms with Crippen molar-refractivity contribution in [1.29, 1.82) is 5.26 Å². The molecule has 0 fully saturated rings. The lowest BCUT2D eigenvalue weighted by atomic mass is 10.00. The molecule has 3 heterocycles. The highest BCUT2D eigenvalue weighted by atomic mass is 79.9. The lowest BCUT2D eigenvalue weighted by Gasteiger charge is -2.08. The van der Waals surface area contributed by atoms with Gasteiger partial charge in [0.05, 0.1) is 5.69 Å². The van der Waals surface area contributed by atoms with Crippen LogP contribution in [-0.4, -0.2) is 14.6 Å². The van der Waals surface area contributed by atoms with Gasteiger partial charge in [-0.1, -0.05) is 44.0 Å². The Kier molecular flexibility index (Phi) is 4.50. The molecule has 0 atom stereocenters. The SMILES string of the molecule is N#Cc1c(-c2cnc3cc(-c4ccc(Br)cc4)nn3c2)c2cc(Br)ccc2oc1=O. The zero-order chi connectivity index (χ0) is 20.8. The molecule has 0 amide bonds. The summed E-state index contributed by atoms with van der Waals surface area (Å²) in [6.45, 7) is 0. The summed E-state index contributed by atoms with van der Waals surface area (Å²) in [6, 6.07) is 17.0. The van der Waals surface area contributed by atoms with E-state index in [2.05, 4.69) is 41.9 Å². The lowest BCUT2D eigenvalue weighted by molar-refractivity contribution is 0.559. The van der Waals surface area contributed by atoms with Gasteiger partial charge in [-0.3, -0.25) is 0 Å². The molecular weight excluding hydrogens is 512 g/mol. The summed E-state index contributed by atoms with van der Waals surface area (Å²) in [5.74, 6) is 0. The molecule has 0 aliphatic carbocycles. The summed E-state index contributed by atoms with van der Waals surface area (Å²) < 4.78 is 8.75. The number of benzene rings is 2. The van der Waals surface area contributed by atoms with E-state index in [1.165, 1.54) is 0 Å². The van der Waals surface area contributed by atoms with Crippen molar-refractivity contribution in [3.05, 3.63) is 85.9 Å². The molecule has 0 unspecified atom stereocenters. The van der Waals surface area contributed by atoms with Crippen LogP contribution in [0.2, 0.25) is 0 Å². The van der Waals surface area contributed by atoms with E-state index in [9.17, 15) is 10.1 Å². The molecule has 6 nitrogen and oxygen atoms in total. The largest absolute Gasteiger partial charge is 0.422 e. The van der Waals surface area contributed by atoms with E-state index < -0.39 is 5.63 Å². The van der Waals surface area contributed by atoms with Gasteiger partial charge in [0.1, 0.15) is 17.2 Å². The maximum absolute atomic E-state index is 12.4. The summed E-state index contributed by atoms with van der Waals surface area (Å²) in [6.07, 6.45) is 3.40. The van der Waals surface area contributed by atoms with Crippen molar-refractivity contribution < 1.29 is 4.42 Å². The van der Waals surface area contributed by atoms with Gasteiger partial charge in [-0.15, -0.1) is 0 Å². The summed E-state index contributed by atoms with van der Waals surface area (Å²) in [4.78, 5) is 16.9. The van der Waals surface area contributed by atoms with Crippen LogP contribution in [0.5, 0.6) is 0 Å². The fourth-order valence-corrected chi connectivity index (χ4v) is 3.97. The Hall–Kier alpha value is -3.28. The van der Waals surface area contributed by atoms with Gasteiger partial charge in [-0.25, -0.2) is 14.3 Å². The summed E-state index contributed by atoms with van der Waals surface area (Å²) in [7, 11) is 0. The van der Waals surface area contributed by atoms with Gasteiger partial charge >= 0.3 is 5.63 Å². The molecule has 5 rings (SSSR count). The van der Waals surface area contributed by atoms with Crippen molar-refractivity contribution in [2.75, 3.05) is 0 Å². The smallest absolute Gasteiger partial charge is 0.354 e. The first-order valence-electron chi connectivity index (χ1n) is 8.82. The van der Waals surface area contributed by atoms with Crippen molar-refractivity contribution in [1.82, 2.24) is 14.6 Å². The minimum Gasteiger partial charge on any atom is -0.422 e. The molecule has 0 radical (unpaired) electrons. The fraction of sp³-hybridized carbons (Fsp3) is 0. The molecule has 0 spiro atoms. The highest BCUT2D eigenvalue weighted by Crippen LogP contribution is 2.32. The predicted octanol–water partition coefficient (Wildman–Crippen LogP) is 5.57. The molecule has 0 bridgehead atoms. The summed E-state index contributed by atoms with van der Waals surface area (Å²) in [5, 5.41) is 14.9. The Balaban J connectivity index is 1.75. The monoisotopic (exact) mass is 520 g/mol. The topological polar surface area (TPSA) is 84.2 Å². The molecule has 0 N–H and O–H groups in total. The standard InChI is InChI=1S/C22H10Br2N4O2/c23-14-3-1-12(2-4-14)18-8-20-26-10-13(11-28(20)27-18)21-16-7-15(24)5-6-19(16)30-22(29)17(21)9-25/h1-8,10-11H. The van der Waals surface area contributed by atoms with Crippen LogP contribution in [-0.2, 0) is 0 Å². The van der Waals surface area contributed by atoms with Gasteiger partial charge in [0, 0.05) is 49.5 Å². The van der Waals surface area contributed by atoms with Crippen LogP contribution in [0.1, 0.15) is 5.56 Å². The van der Waals surface area contributed by atoms with Crippen molar-refractivity contribution in [3.8, 4) is 28.5 Å². The molecule has 0 saturated heterocycles. The Labute approximate surface area is 186 Å². The Morgan fingerprint density at radius 1 is 1.00 bits per heavy atom. The first kappa shape index (κ1) is 18.7. The minimum atomic E-state index is -0.682. The van der Waals surface area contributed by atoms with Gasteiger partial charge in [-0.2, -0.15) is 10.4 Å². The first-order valence-corrected chi connectivity index (χ1v) is 10.4. The van der Waals surface area contributed by atoms with Crippen molar-refractivity contribution in [2.45, 2.75) is 0 Å². The second kappa shape index (κ2) is 7.20. The van der Waals surface area contributed by atoms with Gasteiger partial charge in [0.15, 0.2) is 5.65 Å². The van der Waals surface area contributed by atoms with E-state index >= 15 is 0 Å². The molecule has 5 aromatic rings. The van der Waals surface area contributed by atoms with E-state index in [0.29, 0.717) is 27.7 Å². The van der Waals surface area contributed by atoms with Crippen LogP contribution >= 0.6 is 31.9 Å². The average molecular weight is 522 g/mol. The lowest BCUT2D eigenvalue weighted by Crippen LogP contribution is -2.07. The second-order valence-corrected chi connectivity index (χ2v) is 8.41. The van der Waals surface area contributed by atoms with Crippen molar-refractivity contribution >= 4 is 48.5 Å². The zero-order valence-electron chi connectivity index (χ0n) is 15.1. The van der Waals surface area contributed by atoms with Gasteiger partial charge in [0.2, 0.25) is 0 Å². The number of halogens is 2. The Morgan fingerprint density at radius 3 is 2.53 bits per heavy atom. The normalized spacial score (nSPS) is 11.1. The van der Waals surface area contributed by atoms with E-state index in [-0.39, 0.29) is 5.56 Å². The molecule has 3 aromatic heterocycles. The third kappa shape index (κ3) is 3.12. The summed E-state index contributed by atoms with van der Waals surface area (Å²) in [5.41, 5.74) is 3.10. The maximum Gasteiger partial charge on any atom is 0.354 e. The van der Waals surface area contributed by atoms with E-state index in [1.807, 2.05) is 42.5 Å². The van der Waals surface area contributed by atoms with Gasteiger partial charge in [-0.05, 0) is 30.3 Å². The second-order valence-electron chi connectivity index (χ2n) is 6.57. The maximum atomic E-state index is 12.4. The van der Waals surface area contributed by atoms with E-state index in [4.69, 9.17) is 4.42 Å². The number of rotatable bonds is 2. The molecule has 0 aliphatic rings. The zero-order valence-corrected chi connectivity index (χ0v) is 18.3. The highest BCUT2D eigenvalue weighted by molar-refractivity contribution is 9.10. The van der Waals surface area contributed by atoms with E-state index in [1.54, 1.807) is 29.0 Å². The fourth-order valence-electron chi connectivity index (χ4n) is 3.34. The average Bonchev–Trinajstić information content (AvgIpc) is 3.17. The van der Waals surface area contributed by atoms with Crippen LogP contribution in [0.15, 0.2) is 79.1 Å². The van der Waals surface area contributed by atoms with Crippen LogP contribution in [0.4, 0.5) is 0 Å². The predicted molar refractivity (Wildman–Crippen MR) is 120 cm³/mol. The quantitative estimate of drug-likeness (QED) is 0.284. The Bertz CT molecular complexity index is 1550. The van der Waals surface area contributed by atoms with Crippen LogP contribution in [0, 0.1) is 11.3 Å². The van der Waals surface area contributed by atoms with E-state index in [0.717, 1.165) is 20.2 Å². The molecular formula is C22H10Br2N4O2. The number of aromatic nitrogens is 3. The third-order valence-corrected chi connectivity index (χ3v) is 5.74. The van der Waals surface area contributed by atoms with Crippen LogP contribution in [0.25, 0.3) is 39.0 Å². The third-order valence-electron chi connectivity index (χ3n) is 4.72. The minimum absolute atomic E-state index is 0.0676. The molecule has 0 aliphatic heterocycles. The van der Waals surface area contributed by atoms with Crippen LogP contribution < -0.4 is 5.63 Å². The number of hydrogen-bond acceptors (Lipinski definition) is 5. The van der Waals surface area contributed by atoms with Crippen molar-refractivity contribution in [2.24, 2.45) is 0 Å². The number of hydrogen-bond donors (Lipinski definition) is 0. The molecule has 8 heteroatoms. The number of nitriles is 1. The molecule has 0 saturated carbocycles. The highest BCUT2D eigenvalue weighted by Gasteiger charge is 2.18. The molecule has 144 valence electrons. The molecule has 2 aromatic carbocycles. The van der Waals surface area contributed by atoms with Crippen molar-refractivity contribution in [3.63, 3.8) is 0 Å². The Morgan fingerprint density at radius 2 is 1.77 bits per heavy atom.